The maximum absolute atomic E-state index is 5.54. The van der Waals surface area contributed by atoms with Crippen LogP contribution in [0.15, 0.2) is 60.7 Å². The zero-order valence-corrected chi connectivity index (χ0v) is 18.2. The second kappa shape index (κ2) is 10.2. The molecule has 0 saturated heterocycles. The summed E-state index contributed by atoms with van der Waals surface area (Å²) in [5.74, 6) is 2.26. The van der Waals surface area contributed by atoms with Crippen molar-refractivity contribution in [3.63, 3.8) is 0 Å². The Morgan fingerprint density at radius 1 is 0.793 bits per heavy atom. The van der Waals surface area contributed by atoms with Crippen molar-refractivity contribution in [3.05, 3.63) is 60.7 Å². The van der Waals surface area contributed by atoms with E-state index in [4.69, 9.17) is 9.47 Å². The fourth-order valence-corrected chi connectivity index (χ4v) is 3.83. The van der Waals surface area contributed by atoms with Gasteiger partial charge in [-0.25, -0.2) is 0 Å². The van der Waals surface area contributed by atoms with Crippen molar-refractivity contribution in [3.8, 4) is 11.5 Å². The molecule has 0 aliphatic carbocycles. The molecule has 3 aromatic carbocycles. The Balaban J connectivity index is 2.05. The number of hydrogen-bond acceptors (Lipinski definition) is 3. The lowest BCUT2D eigenvalue weighted by molar-refractivity contribution is 0.394. The number of fused-ring (bicyclic) bond motifs is 1. The quantitative estimate of drug-likeness (QED) is 0.364. The van der Waals surface area contributed by atoms with Crippen LogP contribution in [0.2, 0.25) is 0 Å². The minimum Gasteiger partial charge on any atom is -0.497 e. The topological polar surface area (TPSA) is 21.7 Å². The van der Waals surface area contributed by atoms with Crippen molar-refractivity contribution < 1.29 is 9.47 Å². The Labute approximate surface area is 175 Å². The minimum absolute atomic E-state index is 0.638. The molecule has 0 heterocycles. The van der Waals surface area contributed by atoms with Crippen molar-refractivity contribution in [1.82, 2.24) is 0 Å². The van der Waals surface area contributed by atoms with Crippen LogP contribution in [0.3, 0.4) is 0 Å². The van der Waals surface area contributed by atoms with Crippen LogP contribution >= 0.6 is 0 Å². The number of rotatable bonds is 10. The van der Waals surface area contributed by atoms with Crippen molar-refractivity contribution in [2.24, 2.45) is 5.92 Å². The van der Waals surface area contributed by atoms with E-state index < -0.39 is 0 Å². The first kappa shape index (κ1) is 21.0. The van der Waals surface area contributed by atoms with Gasteiger partial charge in [0.05, 0.1) is 14.2 Å². The summed E-state index contributed by atoms with van der Waals surface area (Å²) in [6, 6.07) is 21.4. The highest BCUT2D eigenvalue weighted by atomic mass is 16.5. The summed E-state index contributed by atoms with van der Waals surface area (Å²) in [6.45, 7) is 5.54. The van der Waals surface area contributed by atoms with Crippen LogP contribution in [0.5, 0.6) is 11.5 Å². The van der Waals surface area contributed by atoms with E-state index >= 15 is 0 Å². The second-order valence-electron chi connectivity index (χ2n) is 7.63. The summed E-state index contributed by atoms with van der Waals surface area (Å²) in [5, 5.41) is 2.52. The molecule has 1 unspecified atom stereocenters. The Hall–Kier alpha value is -2.68. The molecule has 3 aromatic rings. The van der Waals surface area contributed by atoms with E-state index in [0.29, 0.717) is 5.92 Å². The van der Waals surface area contributed by atoms with E-state index in [-0.39, 0.29) is 0 Å². The van der Waals surface area contributed by atoms with Gasteiger partial charge >= 0.3 is 0 Å². The monoisotopic (exact) mass is 391 g/mol. The highest BCUT2D eigenvalue weighted by Crippen LogP contribution is 2.35. The van der Waals surface area contributed by atoms with Gasteiger partial charge in [-0.15, -0.1) is 0 Å². The van der Waals surface area contributed by atoms with E-state index in [1.807, 2.05) is 6.07 Å². The Bertz CT molecular complexity index is 899. The van der Waals surface area contributed by atoms with E-state index in [1.165, 1.54) is 42.1 Å². The molecular formula is C26H33NO2. The van der Waals surface area contributed by atoms with Crippen LogP contribution in [0.1, 0.15) is 39.5 Å². The lowest BCUT2D eigenvalue weighted by atomic mass is 9.97. The summed E-state index contributed by atoms with van der Waals surface area (Å²) in [4.78, 5) is 2.42. The summed E-state index contributed by atoms with van der Waals surface area (Å²) in [6.07, 6.45) is 4.92. The predicted molar refractivity (Wildman–Crippen MR) is 124 cm³/mol. The molecule has 0 bridgehead atoms. The van der Waals surface area contributed by atoms with Crippen molar-refractivity contribution in [2.75, 3.05) is 25.7 Å². The predicted octanol–water partition coefficient (Wildman–Crippen LogP) is 7.21. The lowest BCUT2D eigenvalue weighted by Crippen LogP contribution is -2.25. The summed E-state index contributed by atoms with van der Waals surface area (Å²) in [7, 11) is 3.41. The lowest BCUT2D eigenvalue weighted by Gasteiger charge is -2.30. The Kier molecular flexibility index (Phi) is 7.40. The average Bonchev–Trinajstić information content (AvgIpc) is 2.78. The van der Waals surface area contributed by atoms with Gasteiger partial charge in [0.1, 0.15) is 11.5 Å². The number of methoxy groups -OCH3 is 2. The first-order valence-corrected chi connectivity index (χ1v) is 10.7. The molecule has 0 amide bonds. The molecule has 3 heteroatoms. The number of unbranched alkanes of at least 4 members (excludes halogenated alkanes) is 1. The fourth-order valence-electron chi connectivity index (χ4n) is 3.83. The number of nitrogens with zero attached hydrogens (tertiary/aromatic N) is 1. The molecule has 0 fully saturated rings. The fraction of sp³-hybridized carbons (Fsp3) is 0.385. The first-order valence-electron chi connectivity index (χ1n) is 10.7. The van der Waals surface area contributed by atoms with Gasteiger partial charge < -0.3 is 14.4 Å². The molecule has 0 saturated carbocycles. The van der Waals surface area contributed by atoms with Crippen LogP contribution in [-0.2, 0) is 0 Å². The van der Waals surface area contributed by atoms with E-state index in [2.05, 4.69) is 73.3 Å². The average molecular weight is 392 g/mol. The highest BCUT2D eigenvalue weighted by Gasteiger charge is 2.17. The molecule has 0 radical (unpaired) electrons. The maximum atomic E-state index is 5.54. The molecule has 29 heavy (non-hydrogen) atoms. The SMILES string of the molecule is CCCCC(CC)CN(c1cc(OC)cc(OC)c1)c1ccc2ccccc2c1. The van der Waals surface area contributed by atoms with Gasteiger partial charge in [0.15, 0.2) is 0 Å². The van der Waals surface area contributed by atoms with Crippen LogP contribution in [-0.4, -0.2) is 20.8 Å². The van der Waals surface area contributed by atoms with Crippen molar-refractivity contribution in [2.45, 2.75) is 39.5 Å². The number of anilines is 2. The molecule has 3 nitrogen and oxygen atoms in total. The zero-order valence-electron chi connectivity index (χ0n) is 18.2. The molecule has 0 aromatic heterocycles. The number of hydrogen-bond donors (Lipinski definition) is 0. The number of benzene rings is 3. The van der Waals surface area contributed by atoms with Gasteiger partial charge in [-0.1, -0.05) is 63.4 Å². The third-order valence-electron chi connectivity index (χ3n) is 5.68. The van der Waals surface area contributed by atoms with Gasteiger partial charge in [0.25, 0.3) is 0 Å². The minimum atomic E-state index is 0.638. The van der Waals surface area contributed by atoms with Gasteiger partial charge in [0.2, 0.25) is 0 Å². The third kappa shape index (κ3) is 5.23. The second-order valence-corrected chi connectivity index (χ2v) is 7.63. The largest absolute Gasteiger partial charge is 0.497 e. The summed E-state index contributed by atoms with van der Waals surface area (Å²) < 4.78 is 11.1. The third-order valence-corrected chi connectivity index (χ3v) is 5.68. The van der Waals surface area contributed by atoms with Gasteiger partial charge in [0, 0.05) is 36.1 Å². The highest BCUT2D eigenvalue weighted by molar-refractivity contribution is 5.87. The Morgan fingerprint density at radius 3 is 2.10 bits per heavy atom. The molecule has 0 N–H and O–H groups in total. The molecule has 0 aliphatic heterocycles. The summed E-state index contributed by atoms with van der Waals surface area (Å²) >= 11 is 0. The van der Waals surface area contributed by atoms with E-state index in [9.17, 15) is 0 Å². The van der Waals surface area contributed by atoms with Gasteiger partial charge in [-0.2, -0.15) is 0 Å². The van der Waals surface area contributed by atoms with Crippen LogP contribution in [0.4, 0.5) is 11.4 Å². The van der Waals surface area contributed by atoms with Crippen molar-refractivity contribution in [1.29, 1.82) is 0 Å². The Morgan fingerprint density at radius 2 is 1.48 bits per heavy atom. The first-order chi connectivity index (χ1) is 14.2. The molecule has 154 valence electrons. The van der Waals surface area contributed by atoms with Crippen LogP contribution in [0.25, 0.3) is 10.8 Å². The zero-order chi connectivity index (χ0) is 20.6. The summed E-state index contributed by atoms with van der Waals surface area (Å²) in [5.41, 5.74) is 2.31. The van der Waals surface area contributed by atoms with Crippen molar-refractivity contribution >= 4 is 22.1 Å². The van der Waals surface area contributed by atoms with Crippen LogP contribution < -0.4 is 14.4 Å². The normalized spacial score (nSPS) is 12.0. The number of ether oxygens (including phenoxy) is 2. The maximum Gasteiger partial charge on any atom is 0.124 e. The smallest absolute Gasteiger partial charge is 0.124 e. The van der Waals surface area contributed by atoms with E-state index in [1.54, 1.807) is 14.2 Å². The molecular weight excluding hydrogens is 358 g/mol. The van der Waals surface area contributed by atoms with E-state index in [0.717, 1.165) is 23.7 Å². The molecule has 1 atom stereocenters. The molecule has 3 rings (SSSR count). The van der Waals surface area contributed by atoms with Crippen LogP contribution in [0, 0.1) is 5.92 Å². The van der Waals surface area contributed by atoms with Gasteiger partial charge in [-0.3, -0.25) is 0 Å². The molecule has 0 aliphatic rings. The molecule has 0 spiro atoms. The standard InChI is InChI=1S/C26H33NO2/c1-5-7-10-20(6-2)19-27(24-16-25(28-3)18-26(17-24)29-4)23-14-13-21-11-8-9-12-22(21)15-23/h8-9,11-18,20H,5-7,10,19H2,1-4H3. The van der Waals surface area contributed by atoms with Gasteiger partial charge in [-0.05, 0) is 35.2 Å².